The molecule has 0 saturated carbocycles. The van der Waals surface area contributed by atoms with Crippen molar-refractivity contribution in [3.8, 4) is 0 Å². The molecule has 0 aliphatic carbocycles. The number of hydrogen-bond donors (Lipinski definition) is 0. The van der Waals surface area contributed by atoms with E-state index in [0.29, 0.717) is 6.54 Å². The lowest BCUT2D eigenvalue weighted by atomic mass is 10.2. The third kappa shape index (κ3) is 6.84. The third-order valence-corrected chi connectivity index (χ3v) is 6.21. The number of amides is 1. The highest BCUT2D eigenvalue weighted by atomic mass is 32.2. The molecule has 160 valence electrons. The molecule has 3 aromatic carbocycles. The molecule has 0 N–H and O–H groups in total. The van der Waals surface area contributed by atoms with Crippen molar-refractivity contribution in [3.05, 3.63) is 102 Å². The predicted molar refractivity (Wildman–Crippen MR) is 134 cm³/mol. The van der Waals surface area contributed by atoms with E-state index >= 15 is 0 Å². The quantitative estimate of drug-likeness (QED) is 0.301. The second-order valence-corrected chi connectivity index (χ2v) is 9.06. The molecule has 1 atom stereocenters. The number of para-hydroxylation sites is 1. The Hall–Kier alpha value is -2.82. The number of likely N-dealkylation sites (N-methyl/N-ethyl adjacent to an activating group) is 1. The number of carbonyl (C=O) groups excluding carboxylic acids is 1. The SMILES string of the molecule is CC(Sc1ccccc1N(CCN(C)C)C(=O)C=Cc1ccccc1)c1ccccc1. The smallest absolute Gasteiger partial charge is 0.251 e. The Kier molecular flexibility index (Phi) is 8.51. The molecule has 0 aromatic heterocycles. The van der Waals surface area contributed by atoms with Gasteiger partial charge < -0.3 is 9.80 Å². The zero-order valence-corrected chi connectivity index (χ0v) is 19.3. The molecule has 4 heteroatoms. The van der Waals surface area contributed by atoms with Gasteiger partial charge in [-0.15, -0.1) is 11.8 Å². The van der Waals surface area contributed by atoms with E-state index in [4.69, 9.17) is 0 Å². The Morgan fingerprint density at radius 1 is 0.871 bits per heavy atom. The standard InChI is InChI=1S/C27H30N2OS/c1-22(24-14-8-5-9-15-24)31-26-17-11-10-16-25(26)29(21-20-28(2)3)27(30)19-18-23-12-6-4-7-13-23/h4-19,22H,20-21H2,1-3H3. The van der Waals surface area contributed by atoms with Crippen LogP contribution in [0.3, 0.4) is 0 Å². The summed E-state index contributed by atoms with van der Waals surface area (Å²) in [6.45, 7) is 3.62. The number of benzene rings is 3. The maximum Gasteiger partial charge on any atom is 0.251 e. The van der Waals surface area contributed by atoms with Crippen LogP contribution < -0.4 is 4.90 Å². The lowest BCUT2D eigenvalue weighted by Crippen LogP contribution is -2.36. The Morgan fingerprint density at radius 3 is 2.16 bits per heavy atom. The summed E-state index contributed by atoms with van der Waals surface area (Å²) < 4.78 is 0. The Morgan fingerprint density at radius 2 is 1.48 bits per heavy atom. The van der Waals surface area contributed by atoms with Crippen molar-refractivity contribution in [3.63, 3.8) is 0 Å². The molecule has 0 saturated heterocycles. The average molecular weight is 431 g/mol. The van der Waals surface area contributed by atoms with E-state index in [9.17, 15) is 4.79 Å². The summed E-state index contributed by atoms with van der Waals surface area (Å²) in [7, 11) is 4.06. The van der Waals surface area contributed by atoms with E-state index in [1.807, 2.05) is 79.7 Å². The first-order valence-corrected chi connectivity index (χ1v) is 11.4. The summed E-state index contributed by atoms with van der Waals surface area (Å²) in [4.78, 5) is 18.3. The Balaban J connectivity index is 1.86. The van der Waals surface area contributed by atoms with E-state index < -0.39 is 0 Å². The van der Waals surface area contributed by atoms with Crippen LogP contribution in [0.2, 0.25) is 0 Å². The van der Waals surface area contributed by atoms with Crippen molar-refractivity contribution in [2.24, 2.45) is 0 Å². The molecule has 0 spiro atoms. The highest BCUT2D eigenvalue weighted by molar-refractivity contribution is 7.99. The van der Waals surface area contributed by atoms with Gasteiger partial charge in [0.2, 0.25) is 0 Å². The maximum atomic E-state index is 13.2. The van der Waals surface area contributed by atoms with E-state index in [1.165, 1.54) is 5.56 Å². The molecule has 0 aliphatic rings. The van der Waals surface area contributed by atoms with Gasteiger partial charge in [-0.3, -0.25) is 4.79 Å². The van der Waals surface area contributed by atoms with Gasteiger partial charge in [0.15, 0.2) is 0 Å². The molecule has 31 heavy (non-hydrogen) atoms. The zero-order valence-electron chi connectivity index (χ0n) is 18.4. The number of carbonyl (C=O) groups is 1. The monoisotopic (exact) mass is 430 g/mol. The Labute approximate surface area is 190 Å². The van der Waals surface area contributed by atoms with Crippen LogP contribution in [-0.4, -0.2) is 38.0 Å². The van der Waals surface area contributed by atoms with Gasteiger partial charge in [0, 0.05) is 29.3 Å². The highest BCUT2D eigenvalue weighted by Gasteiger charge is 2.19. The fourth-order valence-electron chi connectivity index (χ4n) is 3.23. The molecule has 0 aliphatic heterocycles. The predicted octanol–water partition coefficient (Wildman–Crippen LogP) is 6.15. The lowest BCUT2D eigenvalue weighted by molar-refractivity contribution is -0.114. The van der Waals surface area contributed by atoms with E-state index in [0.717, 1.165) is 22.7 Å². The molecule has 0 heterocycles. The van der Waals surface area contributed by atoms with Gasteiger partial charge in [0.05, 0.1) is 5.69 Å². The fraction of sp³-hybridized carbons (Fsp3) is 0.222. The Bertz CT molecular complexity index is 986. The molecule has 3 rings (SSSR count). The van der Waals surface area contributed by atoms with Gasteiger partial charge in [-0.25, -0.2) is 0 Å². The second kappa shape index (κ2) is 11.5. The number of rotatable bonds is 9. The minimum Gasteiger partial charge on any atom is -0.308 e. The van der Waals surface area contributed by atoms with Crippen molar-refractivity contribution in [2.75, 3.05) is 32.1 Å². The van der Waals surface area contributed by atoms with E-state index in [1.54, 1.807) is 17.8 Å². The van der Waals surface area contributed by atoms with E-state index in [-0.39, 0.29) is 11.2 Å². The first kappa shape index (κ1) is 22.9. The minimum atomic E-state index is -0.00822. The number of nitrogens with zero attached hydrogens (tertiary/aromatic N) is 2. The largest absolute Gasteiger partial charge is 0.308 e. The molecular weight excluding hydrogens is 400 g/mol. The molecule has 0 fully saturated rings. The minimum absolute atomic E-state index is 0.00822. The number of anilines is 1. The first-order chi connectivity index (χ1) is 15.0. The molecule has 0 radical (unpaired) electrons. The molecule has 3 aromatic rings. The summed E-state index contributed by atoms with van der Waals surface area (Å²) in [5.41, 5.74) is 3.25. The van der Waals surface area contributed by atoms with Crippen LogP contribution in [0.15, 0.2) is 95.9 Å². The summed E-state index contributed by atoms with van der Waals surface area (Å²) in [6.07, 6.45) is 3.56. The summed E-state index contributed by atoms with van der Waals surface area (Å²) in [5, 5.41) is 0.285. The van der Waals surface area contributed by atoms with Gasteiger partial charge in [-0.05, 0) is 50.4 Å². The van der Waals surface area contributed by atoms with Crippen LogP contribution in [0.25, 0.3) is 6.08 Å². The van der Waals surface area contributed by atoms with Crippen LogP contribution in [-0.2, 0) is 4.79 Å². The number of thioether (sulfide) groups is 1. The van der Waals surface area contributed by atoms with Crippen molar-refractivity contribution in [1.82, 2.24) is 4.90 Å². The van der Waals surface area contributed by atoms with Crippen LogP contribution in [0.5, 0.6) is 0 Å². The second-order valence-electron chi connectivity index (χ2n) is 7.68. The van der Waals surface area contributed by atoms with Crippen LogP contribution >= 0.6 is 11.8 Å². The zero-order chi connectivity index (χ0) is 22.1. The summed E-state index contributed by atoms with van der Waals surface area (Å²) in [6, 6.07) is 28.6. The topological polar surface area (TPSA) is 23.6 Å². The van der Waals surface area contributed by atoms with Crippen molar-refractivity contribution in [2.45, 2.75) is 17.1 Å². The molecular formula is C27H30N2OS. The van der Waals surface area contributed by atoms with Crippen molar-refractivity contribution >= 4 is 29.4 Å². The molecule has 1 unspecified atom stereocenters. The summed E-state index contributed by atoms with van der Waals surface area (Å²) >= 11 is 1.79. The fourth-order valence-corrected chi connectivity index (χ4v) is 4.36. The highest BCUT2D eigenvalue weighted by Crippen LogP contribution is 2.39. The molecule has 3 nitrogen and oxygen atoms in total. The van der Waals surface area contributed by atoms with Gasteiger partial charge in [-0.1, -0.05) is 72.8 Å². The summed E-state index contributed by atoms with van der Waals surface area (Å²) in [5.74, 6) is -0.00822. The average Bonchev–Trinajstić information content (AvgIpc) is 2.80. The van der Waals surface area contributed by atoms with Crippen molar-refractivity contribution < 1.29 is 4.79 Å². The van der Waals surface area contributed by atoms with Gasteiger partial charge in [0.1, 0.15) is 0 Å². The van der Waals surface area contributed by atoms with Gasteiger partial charge >= 0.3 is 0 Å². The van der Waals surface area contributed by atoms with Crippen molar-refractivity contribution in [1.29, 1.82) is 0 Å². The van der Waals surface area contributed by atoms with Crippen LogP contribution in [0.1, 0.15) is 23.3 Å². The molecule has 1 amide bonds. The van der Waals surface area contributed by atoms with Gasteiger partial charge in [0.25, 0.3) is 5.91 Å². The molecule has 0 bridgehead atoms. The van der Waals surface area contributed by atoms with Gasteiger partial charge in [-0.2, -0.15) is 0 Å². The van der Waals surface area contributed by atoms with E-state index in [2.05, 4.69) is 42.2 Å². The van der Waals surface area contributed by atoms with Crippen LogP contribution in [0, 0.1) is 0 Å². The maximum absolute atomic E-state index is 13.2. The first-order valence-electron chi connectivity index (χ1n) is 10.5. The number of hydrogen-bond acceptors (Lipinski definition) is 3. The third-order valence-electron chi connectivity index (χ3n) is 4.98. The normalized spacial score (nSPS) is 12.3. The lowest BCUT2D eigenvalue weighted by Gasteiger charge is -2.26. The van der Waals surface area contributed by atoms with Crippen LogP contribution in [0.4, 0.5) is 5.69 Å².